The molecule has 0 unspecified atom stereocenters. The topological polar surface area (TPSA) is 50.7 Å². The Morgan fingerprint density at radius 2 is 1.59 bits per heavy atom. The third-order valence-corrected chi connectivity index (χ3v) is 4.77. The van der Waals surface area contributed by atoms with Gasteiger partial charge in [0.25, 0.3) is 5.91 Å². The molecule has 3 aromatic carbocycles. The van der Waals surface area contributed by atoms with E-state index < -0.39 is 0 Å². The molecule has 0 saturated carbocycles. The molecule has 0 aliphatic rings. The summed E-state index contributed by atoms with van der Waals surface area (Å²) in [6.07, 6.45) is 0. The number of halogens is 1. The van der Waals surface area contributed by atoms with Crippen molar-refractivity contribution in [3.63, 3.8) is 0 Å². The third kappa shape index (κ3) is 5.69. The van der Waals surface area contributed by atoms with Crippen molar-refractivity contribution in [2.45, 2.75) is 19.8 Å². The molecule has 148 valence electrons. The Bertz CT molecular complexity index is 949. The Morgan fingerprint density at radius 3 is 2.14 bits per heavy atom. The maximum Gasteiger partial charge on any atom is 0.277 e. The Labute approximate surface area is 176 Å². The molecule has 5 heteroatoms. The van der Waals surface area contributed by atoms with E-state index in [1.54, 1.807) is 18.2 Å². The number of aryl methyl sites for hydroxylation is 1. The number of hydrogen-bond donors (Lipinski definition) is 1. The van der Waals surface area contributed by atoms with Gasteiger partial charge in [0.15, 0.2) is 6.61 Å². The smallest absolute Gasteiger partial charge is 0.277 e. The minimum Gasteiger partial charge on any atom is -0.483 e. The standard InChI is InChI=1S/C24H23ClN2O2/c1-17-15-21(25)13-14-22(17)29-16-23(28)27-26-18(2)24(19-9-5-3-6-10-19)20-11-7-4-8-12-20/h3-15,24H,16H2,1-2H3,(H,27,28)/b26-18+. The highest BCUT2D eigenvalue weighted by molar-refractivity contribution is 6.30. The second-order valence-electron chi connectivity index (χ2n) is 6.74. The van der Waals surface area contributed by atoms with Gasteiger partial charge in [-0.3, -0.25) is 4.79 Å². The number of benzene rings is 3. The molecule has 0 aliphatic carbocycles. The maximum absolute atomic E-state index is 12.2. The molecular weight excluding hydrogens is 384 g/mol. The monoisotopic (exact) mass is 406 g/mol. The number of nitrogens with zero attached hydrogens (tertiary/aromatic N) is 1. The average Bonchev–Trinajstić information content (AvgIpc) is 2.73. The molecule has 0 saturated heterocycles. The number of ether oxygens (including phenoxy) is 1. The maximum atomic E-state index is 12.2. The van der Waals surface area contributed by atoms with Crippen molar-refractivity contribution in [3.8, 4) is 5.75 Å². The summed E-state index contributed by atoms with van der Waals surface area (Å²) in [6.45, 7) is 3.67. The van der Waals surface area contributed by atoms with Crippen molar-refractivity contribution in [3.05, 3.63) is 101 Å². The van der Waals surface area contributed by atoms with Gasteiger partial charge in [-0.2, -0.15) is 5.10 Å². The summed E-state index contributed by atoms with van der Waals surface area (Å²) >= 11 is 5.94. The van der Waals surface area contributed by atoms with Crippen LogP contribution in [0.4, 0.5) is 0 Å². The first-order chi connectivity index (χ1) is 14.0. The minimum atomic E-state index is -0.321. The molecule has 29 heavy (non-hydrogen) atoms. The van der Waals surface area contributed by atoms with Gasteiger partial charge < -0.3 is 4.74 Å². The number of hydrazone groups is 1. The van der Waals surface area contributed by atoms with E-state index in [-0.39, 0.29) is 18.4 Å². The van der Waals surface area contributed by atoms with Crippen LogP contribution in [0, 0.1) is 6.92 Å². The third-order valence-electron chi connectivity index (χ3n) is 4.54. The molecule has 4 nitrogen and oxygen atoms in total. The SMILES string of the molecule is C/C(=N\NC(=O)COc1ccc(Cl)cc1C)C(c1ccccc1)c1ccccc1. The normalized spacial score (nSPS) is 11.4. The fraction of sp³-hybridized carbons (Fsp3) is 0.167. The van der Waals surface area contributed by atoms with Gasteiger partial charge >= 0.3 is 0 Å². The van der Waals surface area contributed by atoms with Crippen LogP contribution in [0.25, 0.3) is 0 Å². The lowest BCUT2D eigenvalue weighted by Gasteiger charge is -2.18. The van der Waals surface area contributed by atoms with E-state index in [2.05, 4.69) is 34.8 Å². The predicted octanol–water partition coefficient (Wildman–Crippen LogP) is 5.35. The van der Waals surface area contributed by atoms with Gasteiger partial charge in [-0.1, -0.05) is 72.3 Å². The molecule has 0 radical (unpaired) electrons. The number of nitrogens with one attached hydrogen (secondary N) is 1. The van der Waals surface area contributed by atoms with E-state index in [4.69, 9.17) is 16.3 Å². The predicted molar refractivity (Wildman–Crippen MR) is 118 cm³/mol. The summed E-state index contributed by atoms with van der Waals surface area (Å²) in [5.74, 6) is 0.257. The van der Waals surface area contributed by atoms with Gasteiger partial charge in [-0.15, -0.1) is 0 Å². The van der Waals surface area contributed by atoms with Gasteiger partial charge in [0.1, 0.15) is 5.75 Å². The first kappa shape index (κ1) is 20.6. The second kappa shape index (κ2) is 9.89. The Morgan fingerprint density at radius 1 is 1.00 bits per heavy atom. The summed E-state index contributed by atoms with van der Waals surface area (Å²) < 4.78 is 5.58. The highest BCUT2D eigenvalue weighted by Gasteiger charge is 2.17. The average molecular weight is 407 g/mol. The molecule has 0 aromatic heterocycles. The lowest BCUT2D eigenvalue weighted by molar-refractivity contribution is -0.123. The van der Waals surface area contributed by atoms with E-state index >= 15 is 0 Å². The molecule has 1 amide bonds. The quantitative estimate of drug-likeness (QED) is 0.424. The van der Waals surface area contributed by atoms with Crippen LogP contribution in [0.2, 0.25) is 5.02 Å². The number of rotatable bonds is 7. The van der Waals surface area contributed by atoms with Crippen molar-refractivity contribution in [2.24, 2.45) is 5.10 Å². The summed E-state index contributed by atoms with van der Waals surface area (Å²) in [7, 11) is 0. The molecule has 3 aromatic rings. The zero-order chi connectivity index (χ0) is 20.6. The van der Waals surface area contributed by atoms with Crippen LogP contribution >= 0.6 is 11.6 Å². The van der Waals surface area contributed by atoms with Gasteiger partial charge in [-0.25, -0.2) is 5.43 Å². The zero-order valence-corrected chi connectivity index (χ0v) is 17.2. The van der Waals surface area contributed by atoms with Crippen molar-refractivity contribution in [1.29, 1.82) is 0 Å². The highest BCUT2D eigenvalue weighted by Crippen LogP contribution is 2.26. The van der Waals surface area contributed by atoms with Crippen molar-refractivity contribution >= 4 is 23.2 Å². The molecule has 0 bridgehead atoms. The highest BCUT2D eigenvalue weighted by atomic mass is 35.5. The fourth-order valence-electron chi connectivity index (χ4n) is 3.13. The fourth-order valence-corrected chi connectivity index (χ4v) is 3.36. The van der Waals surface area contributed by atoms with Crippen LogP contribution in [-0.2, 0) is 4.79 Å². The number of carbonyl (C=O) groups excluding carboxylic acids is 1. The molecule has 3 rings (SSSR count). The largest absolute Gasteiger partial charge is 0.483 e. The van der Waals surface area contributed by atoms with Crippen LogP contribution in [0.15, 0.2) is 84.0 Å². The molecular formula is C24H23ClN2O2. The molecule has 0 spiro atoms. The van der Waals surface area contributed by atoms with Crippen LogP contribution < -0.4 is 10.2 Å². The van der Waals surface area contributed by atoms with E-state index in [0.717, 1.165) is 22.4 Å². The lowest BCUT2D eigenvalue weighted by atomic mass is 9.88. The summed E-state index contributed by atoms with van der Waals surface area (Å²) in [5.41, 5.74) is 6.49. The lowest BCUT2D eigenvalue weighted by Crippen LogP contribution is -2.26. The molecule has 1 N–H and O–H groups in total. The number of amides is 1. The van der Waals surface area contributed by atoms with Crippen molar-refractivity contribution in [2.75, 3.05) is 6.61 Å². The van der Waals surface area contributed by atoms with Crippen LogP contribution in [0.5, 0.6) is 5.75 Å². The van der Waals surface area contributed by atoms with Gasteiger partial charge in [0.05, 0.1) is 0 Å². The minimum absolute atomic E-state index is 0.0443. The number of hydrogen-bond acceptors (Lipinski definition) is 3. The Hall–Kier alpha value is -3.11. The van der Waals surface area contributed by atoms with Crippen LogP contribution in [-0.4, -0.2) is 18.2 Å². The Kier molecular flexibility index (Phi) is 7.04. The zero-order valence-electron chi connectivity index (χ0n) is 16.4. The van der Waals surface area contributed by atoms with E-state index in [1.165, 1.54) is 0 Å². The van der Waals surface area contributed by atoms with E-state index in [0.29, 0.717) is 10.8 Å². The summed E-state index contributed by atoms with van der Waals surface area (Å²) in [5, 5.41) is 4.97. The number of carbonyl (C=O) groups is 1. The van der Waals surface area contributed by atoms with E-state index in [1.807, 2.05) is 50.2 Å². The Balaban J connectivity index is 1.69. The van der Waals surface area contributed by atoms with Crippen molar-refractivity contribution in [1.82, 2.24) is 5.43 Å². The first-order valence-corrected chi connectivity index (χ1v) is 9.74. The van der Waals surface area contributed by atoms with Gasteiger partial charge in [0.2, 0.25) is 0 Å². The van der Waals surface area contributed by atoms with Crippen LogP contribution in [0.1, 0.15) is 29.5 Å². The summed E-state index contributed by atoms with van der Waals surface area (Å²) in [4.78, 5) is 12.2. The molecule has 0 atom stereocenters. The van der Waals surface area contributed by atoms with Gasteiger partial charge in [0, 0.05) is 16.7 Å². The molecule has 0 aliphatic heterocycles. The molecule has 0 fully saturated rings. The molecule has 0 heterocycles. The van der Waals surface area contributed by atoms with E-state index in [9.17, 15) is 4.79 Å². The van der Waals surface area contributed by atoms with Crippen LogP contribution in [0.3, 0.4) is 0 Å². The first-order valence-electron chi connectivity index (χ1n) is 9.36. The van der Waals surface area contributed by atoms with Gasteiger partial charge in [-0.05, 0) is 48.7 Å². The van der Waals surface area contributed by atoms with Crippen molar-refractivity contribution < 1.29 is 9.53 Å². The second-order valence-corrected chi connectivity index (χ2v) is 7.18. The summed E-state index contributed by atoms with van der Waals surface area (Å²) in [6, 6.07) is 25.5.